The second-order valence-corrected chi connectivity index (χ2v) is 5.76. The Balaban J connectivity index is 1.80. The fraction of sp³-hybridized carbons (Fsp3) is 0.462. The van der Waals surface area contributed by atoms with Crippen molar-refractivity contribution in [1.29, 1.82) is 0 Å². The maximum atomic E-state index is 12.5. The van der Waals surface area contributed by atoms with Crippen LogP contribution in [0.2, 0.25) is 0 Å². The Kier molecular flexibility index (Phi) is 3.81. The van der Waals surface area contributed by atoms with Crippen molar-refractivity contribution >= 4 is 21.8 Å². The van der Waals surface area contributed by atoms with Crippen molar-refractivity contribution in [2.75, 3.05) is 13.1 Å². The molecule has 0 spiro atoms. The van der Waals surface area contributed by atoms with Crippen molar-refractivity contribution in [2.45, 2.75) is 26.1 Å². The molecule has 7 nitrogen and oxygen atoms in total. The van der Waals surface area contributed by atoms with E-state index >= 15 is 0 Å². The van der Waals surface area contributed by atoms with Crippen molar-refractivity contribution < 1.29 is 18.4 Å². The van der Waals surface area contributed by atoms with Crippen LogP contribution in [0, 0.1) is 6.92 Å². The van der Waals surface area contributed by atoms with Gasteiger partial charge in [0.1, 0.15) is 0 Å². The van der Waals surface area contributed by atoms with Gasteiger partial charge in [-0.2, -0.15) is 0 Å². The van der Waals surface area contributed by atoms with Crippen molar-refractivity contribution in [3.63, 3.8) is 0 Å². The summed E-state index contributed by atoms with van der Waals surface area (Å²) in [6.07, 6.45) is 0.918. The molecule has 1 aliphatic heterocycles. The van der Waals surface area contributed by atoms with Crippen molar-refractivity contribution in [3.05, 3.63) is 34.3 Å². The van der Waals surface area contributed by atoms with Gasteiger partial charge in [0, 0.05) is 13.5 Å². The molecule has 0 aliphatic carbocycles. The number of hydrogen-bond acceptors (Lipinski definition) is 6. The molecule has 2 aromatic rings. The van der Waals surface area contributed by atoms with Crippen LogP contribution in [0.25, 0.3) is 0 Å². The molecule has 0 bridgehead atoms. The van der Waals surface area contributed by atoms with Crippen LogP contribution in [0.3, 0.4) is 0 Å². The second-order valence-electron chi connectivity index (χ2n) is 4.90. The van der Waals surface area contributed by atoms with Crippen LogP contribution in [0.4, 0.5) is 0 Å². The Morgan fingerprint density at radius 2 is 2.24 bits per heavy atom. The number of amides is 1. The Morgan fingerprint density at radius 3 is 2.86 bits per heavy atom. The monoisotopic (exact) mass is 355 g/mol. The van der Waals surface area contributed by atoms with Gasteiger partial charge in [-0.15, -0.1) is 10.2 Å². The highest BCUT2D eigenvalue weighted by Gasteiger charge is 2.34. The quantitative estimate of drug-likeness (QED) is 0.822. The summed E-state index contributed by atoms with van der Waals surface area (Å²) >= 11 is 3.30. The third-order valence-corrected chi connectivity index (χ3v) is 3.80. The molecule has 2 aromatic heterocycles. The number of morpholine rings is 1. The first kappa shape index (κ1) is 14.3. The number of carbonyl (C=O) groups is 1. The highest BCUT2D eigenvalue weighted by atomic mass is 79.9. The van der Waals surface area contributed by atoms with E-state index in [1.54, 1.807) is 17.9 Å². The summed E-state index contributed by atoms with van der Waals surface area (Å²) in [6, 6.07) is 1.69. The standard InChI is InChI=1S/C13H14BrN3O4/c1-7-5-17(13(18)11-9(14)3-4-19-11)6-10(20-7)12-16-15-8(2)21-12/h3-4,7,10H,5-6H2,1-2H3/t7-,10-/m1/s1. The molecule has 2 atom stereocenters. The highest BCUT2D eigenvalue weighted by Crippen LogP contribution is 2.27. The van der Waals surface area contributed by atoms with E-state index in [9.17, 15) is 4.79 Å². The third kappa shape index (κ3) is 2.86. The molecular weight excluding hydrogens is 342 g/mol. The number of aryl methyl sites for hydroxylation is 1. The lowest BCUT2D eigenvalue weighted by molar-refractivity contribution is -0.0801. The van der Waals surface area contributed by atoms with Crippen molar-refractivity contribution in [2.24, 2.45) is 0 Å². The van der Waals surface area contributed by atoms with E-state index in [0.717, 1.165) is 0 Å². The minimum Gasteiger partial charge on any atom is -0.458 e. The van der Waals surface area contributed by atoms with E-state index in [0.29, 0.717) is 29.3 Å². The van der Waals surface area contributed by atoms with E-state index in [1.807, 2.05) is 6.92 Å². The first-order chi connectivity index (χ1) is 10.0. The fourth-order valence-electron chi connectivity index (χ4n) is 2.29. The second kappa shape index (κ2) is 5.61. The molecule has 3 rings (SSSR count). The lowest BCUT2D eigenvalue weighted by Gasteiger charge is -2.34. The molecule has 0 radical (unpaired) electrons. The van der Waals surface area contributed by atoms with Crippen LogP contribution in [0.5, 0.6) is 0 Å². The Labute approximate surface area is 129 Å². The average Bonchev–Trinajstić information content (AvgIpc) is 3.06. The number of hydrogen-bond donors (Lipinski definition) is 0. The summed E-state index contributed by atoms with van der Waals surface area (Å²) in [5.74, 6) is 0.946. The number of furan rings is 1. The lowest BCUT2D eigenvalue weighted by Crippen LogP contribution is -2.46. The molecule has 112 valence electrons. The molecule has 8 heteroatoms. The van der Waals surface area contributed by atoms with Crippen LogP contribution in [-0.4, -0.2) is 40.2 Å². The van der Waals surface area contributed by atoms with Gasteiger partial charge >= 0.3 is 0 Å². The predicted molar refractivity (Wildman–Crippen MR) is 74.6 cm³/mol. The maximum Gasteiger partial charge on any atom is 0.290 e. The van der Waals surface area contributed by atoms with Gasteiger partial charge in [0.15, 0.2) is 6.10 Å². The summed E-state index contributed by atoms with van der Waals surface area (Å²) < 4.78 is 17.0. The molecule has 1 saturated heterocycles. The zero-order valence-electron chi connectivity index (χ0n) is 11.6. The van der Waals surface area contributed by atoms with E-state index in [4.69, 9.17) is 13.6 Å². The molecule has 0 unspecified atom stereocenters. The van der Waals surface area contributed by atoms with Crippen molar-refractivity contribution in [1.82, 2.24) is 15.1 Å². The van der Waals surface area contributed by atoms with E-state index in [1.165, 1.54) is 6.26 Å². The van der Waals surface area contributed by atoms with E-state index < -0.39 is 6.10 Å². The Morgan fingerprint density at radius 1 is 1.43 bits per heavy atom. The van der Waals surface area contributed by atoms with Gasteiger partial charge in [0.25, 0.3) is 5.91 Å². The van der Waals surface area contributed by atoms with Gasteiger partial charge in [-0.1, -0.05) is 0 Å². The molecule has 3 heterocycles. The molecule has 1 amide bonds. The van der Waals surface area contributed by atoms with E-state index in [-0.39, 0.29) is 17.8 Å². The predicted octanol–water partition coefficient (Wildman–Crippen LogP) is 2.34. The zero-order valence-corrected chi connectivity index (χ0v) is 13.2. The summed E-state index contributed by atoms with van der Waals surface area (Å²) in [7, 11) is 0. The smallest absolute Gasteiger partial charge is 0.290 e. The number of nitrogens with zero attached hydrogens (tertiary/aromatic N) is 3. The first-order valence-electron chi connectivity index (χ1n) is 6.52. The molecule has 0 saturated carbocycles. The number of ether oxygens (including phenoxy) is 1. The molecule has 0 N–H and O–H groups in total. The van der Waals surface area contributed by atoms with Gasteiger partial charge in [0.2, 0.25) is 17.5 Å². The molecule has 0 aromatic carbocycles. The summed E-state index contributed by atoms with van der Waals surface area (Å²) in [6.45, 7) is 4.44. The van der Waals surface area contributed by atoms with Gasteiger partial charge in [-0.3, -0.25) is 4.79 Å². The number of halogens is 1. The SMILES string of the molecule is Cc1nnc([C@H]2CN(C(=O)c3occc3Br)C[C@@H](C)O2)o1. The van der Waals surface area contributed by atoms with E-state index in [2.05, 4.69) is 26.1 Å². The number of aromatic nitrogens is 2. The van der Waals surface area contributed by atoms with Crippen LogP contribution < -0.4 is 0 Å². The van der Waals surface area contributed by atoms with Gasteiger partial charge < -0.3 is 18.5 Å². The fourth-order valence-corrected chi connectivity index (χ4v) is 2.66. The van der Waals surface area contributed by atoms with Crippen LogP contribution in [0.1, 0.15) is 35.4 Å². The summed E-state index contributed by atoms with van der Waals surface area (Å²) in [5, 5.41) is 7.76. The third-order valence-electron chi connectivity index (χ3n) is 3.18. The first-order valence-corrected chi connectivity index (χ1v) is 7.31. The van der Waals surface area contributed by atoms with Crippen LogP contribution >= 0.6 is 15.9 Å². The summed E-state index contributed by atoms with van der Waals surface area (Å²) in [5.41, 5.74) is 0. The highest BCUT2D eigenvalue weighted by molar-refractivity contribution is 9.10. The van der Waals surface area contributed by atoms with Gasteiger partial charge in [-0.05, 0) is 28.9 Å². The molecule has 21 heavy (non-hydrogen) atoms. The van der Waals surface area contributed by atoms with Crippen molar-refractivity contribution in [3.8, 4) is 0 Å². The minimum absolute atomic E-state index is 0.131. The number of rotatable bonds is 2. The minimum atomic E-state index is -0.423. The topological polar surface area (TPSA) is 81.6 Å². The molecular formula is C13H14BrN3O4. The average molecular weight is 356 g/mol. The number of carbonyl (C=O) groups excluding carboxylic acids is 1. The van der Waals surface area contributed by atoms with Gasteiger partial charge in [-0.25, -0.2) is 0 Å². The Hall–Kier alpha value is -1.67. The normalized spacial score (nSPS) is 22.5. The lowest BCUT2D eigenvalue weighted by atomic mass is 10.2. The molecule has 1 aliphatic rings. The molecule has 1 fully saturated rings. The Bertz CT molecular complexity index is 653. The zero-order chi connectivity index (χ0) is 15.0. The summed E-state index contributed by atoms with van der Waals surface area (Å²) in [4.78, 5) is 14.2. The maximum absolute atomic E-state index is 12.5. The van der Waals surface area contributed by atoms with Crippen LogP contribution in [0.15, 0.2) is 25.6 Å². The largest absolute Gasteiger partial charge is 0.458 e. The van der Waals surface area contributed by atoms with Crippen LogP contribution in [-0.2, 0) is 4.74 Å². The van der Waals surface area contributed by atoms with Gasteiger partial charge in [0.05, 0.1) is 23.4 Å².